The first kappa shape index (κ1) is 22.2. The Labute approximate surface area is 180 Å². The Morgan fingerprint density at radius 2 is 1.97 bits per heavy atom. The standard InChI is InChI=1S/C19H24N8O3S/c1-19(2,31(4,29)30)14-7-15(20)25-17(24-14)13-5-6-16(21-10-13)26-18(28)22-8-12-9-23-27(3)11-12/h5-7,9-11H,8H2,1-4H3,(H2,20,24,25)(H2,21,22,26,28). The monoisotopic (exact) mass is 444 g/mol. The topological polar surface area (TPSA) is 158 Å². The van der Waals surface area contributed by atoms with E-state index in [1.165, 1.54) is 12.3 Å². The first-order valence-electron chi connectivity index (χ1n) is 9.29. The number of amides is 2. The van der Waals surface area contributed by atoms with E-state index in [0.29, 0.717) is 17.9 Å². The van der Waals surface area contributed by atoms with Crippen molar-refractivity contribution in [3.63, 3.8) is 0 Å². The molecule has 11 nitrogen and oxygen atoms in total. The smallest absolute Gasteiger partial charge is 0.320 e. The Kier molecular flexibility index (Phi) is 5.93. The van der Waals surface area contributed by atoms with E-state index in [4.69, 9.17) is 5.73 Å². The highest BCUT2D eigenvalue weighted by atomic mass is 32.2. The van der Waals surface area contributed by atoms with Crippen LogP contribution in [0.1, 0.15) is 25.1 Å². The summed E-state index contributed by atoms with van der Waals surface area (Å²) in [7, 11) is -1.64. The van der Waals surface area contributed by atoms with Crippen LogP contribution in [0.2, 0.25) is 0 Å². The third-order valence-corrected chi connectivity index (χ3v) is 6.83. The number of sulfone groups is 1. The van der Waals surface area contributed by atoms with E-state index in [0.717, 1.165) is 11.8 Å². The van der Waals surface area contributed by atoms with Crippen LogP contribution in [0, 0.1) is 0 Å². The van der Waals surface area contributed by atoms with Gasteiger partial charge in [-0.3, -0.25) is 10.00 Å². The van der Waals surface area contributed by atoms with Gasteiger partial charge in [0.1, 0.15) is 16.4 Å². The van der Waals surface area contributed by atoms with E-state index < -0.39 is 20.6 Å². The van der Waals surface area contributed by atoms with Gasteiger partial charge in [-0.15, -0.1) is 0 Å². The Bertz CT molecular complexity index is 1200. The average Bonchev–Trinajstić information content (AvgIpc) is 3.11. The zero-order chi connectivity index (χ0) is 22.8. The second kappa shape index (κ2) is 8.30. The maximum absolute atomic E-state index is 12.1. The van der Waals surface area contributed by atoms with E-state index >= 15 is 0 Å². The molecule has 0 aliphatic carbocycles. The number of rotatable bonds is 6. The predicted octanol–water partition coefficient (Wildman–Crippen LogP) is 1.46. The first-order valence-corrected chi connectivity index (χ1v) is 11.2. The summed E-state index contributed by atoms with van der Waals surface area (Å²) < 4.78 is 24.7. The zero-order valence-electron chi connectivity index (χ0n) is 17.6. The number of carbonyl (C=O) groups excluding carboxylic acids is 1. The van der Waals surface area contributed by atoms with E-state index in [-0.39, 0.29) is 17.3 Å². The highest BCUT2D eigenvalue weighted by molar-refractivity contribution is 7.91. The van der Waals surface area contributed by atoms with E-state index in [9.17, 15) is 13.2 Å². The van der Waals surface area contributed by atoms with Crippen LogP contribution in [0.4, 0.5) is 16.4 Å². The van der Waals surface area contributed by atoms with Crippen LogP contribution in [-0.2, 0) is 28.2 Å². The largest absolute Gasteiger partial charge is 0.384 e. The number of anilines is 2. The summed E-state index contributed by atoms with van der Waals surface area (Å²) in [4.78, 5) is 24.8. The van der Waals surface area contributed by atoms with Crippen molar-refractivity contribution in [1.82, 2.24) is 30.0 Å². The lowest BCUT2D eigenvalue weighted by Crippen LogP contribution is -2.29. The van der Waals surface area contributed by atoms with Crippen molar-refractivity contribution in [2.45, 2.75) is 25.1 Å². The van der Waals surface area contributed by atoms with Gasteiger partial charge in [0.05, 0.1) is 11.9 Å². The number of nitrogens with one attached hydrogen (secondary N) is 2. The molecule has 0 unspecified atom stereocenters. The maximum Gasteiger partial charge on any atom is 0.320 e. The van der Waals surface area contributed by atoms with E-state index in [1.54, 1.807) is 50.1 Å². The van der Waals surface area contributed by atoms with Crippen molar-refractivity contribution >= 4 is 27.5 Å². The number of carbonyl (C=O) groups is 1. The molecule has 2 amide bonds. The Hall–Kier alpha value is -3.54. The van der Waals surface area contributed by atoms with Crippen molar-refractivity contribution in [3.05, 3.63) is 48.0 Å². The number of hydrogen-bond acceptors (Lipinski definition) is 8. The molecule has 3 rings (SSSR count). The second-order valence-corrected chi connectivity index (χ2v) is 10.1. The van der Waals surface area contributed by atoms with Gasteiger partial charge in [-0.05, 0) is 26.0 Å². The first-order chi connectivity index (χ1) is 14.5. The summed E-state index contributed by atoms with van der Waals surface area (Å²) in [6, 6.07) is 4.28. The van der Waals surface area contributed by atoms with Gasteiger partial charge in [0.2, 0.25) is 0 Å². The number of nitrogen functional groups attached to an aromatic ring is 1. The molecule has 0 aromatic carbocycles. The van der Waals surface area contributed by atoms with Gasteiger partial charge in [0.25, 0.3) is 0 Å². The lowest BCUT2D eigenvalue weighted by atomic mass is 10.1. The molecule has 3 aromatic heterocycles. The molecule has 0 saturated heterocycles. The molecular formula is C19H24N8O3S. The highest BCUT2D eigenvalue weighted by Crippen LogP contribution is 2.30. The molecule has 164 valence electrons. The van der Waals surface area contributed by atoms with Gasteiger partial charge >= 0.3 is 6.03 Å². The number of nitrogens with two attached hydrogens (primary N) is 1. The van der Waals surface area contributed by atoms with Crippen molar-refractivity contribution in [1.29, 1.82) is 0 Å². The van der Waals surface area contributed by atoms with E-state index in [1.807, 2.05) is 0 Å². The normalized spacial score (nSPS) is 11.9. The maximum atomic E-state index is 12.1. The quantitative estimate of drug-likeness (QED) is 0.515. The fourth-order valence-corrected chi connectivity index (χ4v) is 3.08. The van der Waals surface area contributed by atoms with Crippen molar-refractivity contribution < 1.29 is 13.2 Å². The van der Waals surface area contributed by atoms with Crippen LogP contribution >= 0.6 is 0 Å². The van der Waals surface area contributed by atoms with E-state index in [2.05, 4.69) is 30.7 Å². The molecule has 0 bridgehead atoms. The minimum atomic E-state index is -3.44. The van der Waals surface area contributed by atoms with Gasteiger partial charge < -0.3 is 11.1 Å². The third kappa shape index (κ3) is 5.15. The minimum absolute atomic E-state index is 0.147. The molecule has 0 saturated carbocycles. The summed E-state index contributed by atoms with van der Waals surface area (Å²) in [5, 5.41) is 9.38. The number of aryl methyl sites for hydroxylation is 1. The minimum Gasteiger partial charge on any atom is -0.384 e. The van der Waals surface area contributed by atoms with Crippen LogP contribution in [0.5, 0.6) is 0 Å². The van der Waals surface area contributed by atoms with Crippen molar-refractivity contribution in [2.24, 2.45) is 7.05 Å². The molecule has 4 N–H and O–H groups in total. The molecule has 0 aliphatic heterocycles. The van der Waals surface area contributed by atoms with Crippen LogP contribution in [0.15, 0.2) is 36.8 Å². The summed E-state index contributed by atoms with van der Waals surface area (Å²) in [6.07, 6.45) is 6.09. The fourth-order valence-electron chi connectivity index (χ4n) is 2.60. The molecular weight excluding hydrogens is 420 g/mol. The van der Waals surface area contributed by atoms with Gasteiger partial charge in [0, 0.05) is 49.4 Å². The van der Waals surface area contributed by atoms with Gasteiger partial charge in [-0.2, -0.15) is 5.10 Å². The lowest BCUT2D eigenvalue weighted by molar-refractivity contribution is 0.251. The van der Waals surface area contributed by atoms with Crippen LogP contribution < -0.4 is 16.4 Å². The molecule has 0 spiro atoms. The Morgan fingerprint density at radius 3 is 2.55 bits per heavy atom. The molecule has 12 heteroatoms. The zero-order valence-corrected chi connectivity index (χ0v) is 18.4. The summed E-state index contributed by atoms with van der Waals surface area (Å²) in [5.74, 6) is 0.716. The van der Waals surface area contributed by atoms with Crippen molar-refractivity contribution in [2.75, 3.05) is 17.3 Å². The number of aromatic nitrogens is 5. The van der Waals surface area contributed by atoms with Crippen LogP contribution in [0.3, 0.4) is 0 Å². The summed E-state index contributed by atoms with van der Waals surface area (Å²) in [6.45, 7) is 3.44. The molecule has 0 atom stereocenters. The number of pyridine rings is 1. The Balaban J connectivity index is 1.73. The highest BCUT2D eigenvalue weighted by Gasteiger charge is 2.34. The van der Waals surface area contributed by atoms with Crippen LogP contribution in [0.25, 0.3) is 11.4 Å². The van der Waals surface area contributed by atoms with Crippen molar-refractivity contribution in [3.8, 4) is 11.4 Å². The Morgan fingerprint density at radius 1 is 1.23 bits per heavy atom. The predicted molar refractivity (Wildman–Crippen MR) is 117 cm³/mol. The summed E-state index contributed by atoms with van der Waals surface area (Å²) in [5.41, 5.74) is 7.56. The number of nitrogens with zero attached hydrogens (tertiary/aromatic N) is 5. The molecule has 0 radical (unpaired) electrons. The van der Waals surface area contributed by atoms with Gasteiger partial charge in [-0.1, -0.05) is 0 Å². The molecule has 31 heavy (non-hydrogen) atoms. The molecule has 3 heterocycles. The lowest BCUT2D eigenvalue weighted by Gasteiger charge is -2.22. The third-order valence-electron chi connectivity index (χ3n) is 4.76. The molecule has 3 aromatic rings. The molecule has 0 aliphatic rings. The fraction of sp³-hybridized carbons (Fsp3) is 0.316. The van der Waals surface area contributed by atoms with Gasteiger partial charge in [0.15, 0.2) is 15.7 Å². The molecule has 0 fully saturated rings. The summed E-state index contributed by atoms with van der Waals surface area (Å²) >= 11 is 0. The van der Waals surface area contributed by atoms with Gasteiger partial charge in [-0.25, -0.2) is 28.2 Å². The SMILES string of the molecule is Cn1cc(CNC(=O)Nc2ccc(-c3nc(N)cc(C(C)(C)S(C)(=O)=O)n3)cn2)cn1. The average molecular weight is 445 g/mol. The second-order valence-electron chi connectivity index (χ2n) is 7.55. The number of urea groups is 1. The van der Waals surface area contributed by atoms with Crippen LogP contribution in [-0.4, -0.2) is 45.4 Å². The number of hydrogen-bond donors (Lipinski definition) is 3.